The Morgan fingerprint density at radius 1 is 0.611 bits per heavy atom. The maximum Gasteiger partial charge on any atom is 0.150 e. The van der Waals surface area contributed by atoms with Crippen LogP contribution in [0.2, 0.25) is 0 Å². The van der Waals surface area contributed by atoms with Gasteiger partial charge < -0.3 is 9.47 Å². The lowest BCUT2D eigenvalue weighted by atomic mass is 10.2. The molecule has 0 atom stereocenters. The van der Waals surface area contributed by atoms with Gasteiger partial charge in [-0.2, -0.15) is 10.5 Å². The summed E-state index contributed by atoms with van der Waals surface area (Å²) in [4.78, 5) is 21.0. The topological polar surface area (TPSA) is 100 Å². The number of rotatable bonds is 6. The van der Waals surface area contributed by atoms with Crippen LogP contribution in [0.5, 0.6) is 23.0 Å². The quantitative estimate of drug-likeness (QED) is 0.287. The van der Waals surface area contributed by atoms with Gasteiger partial charge in [0.1, 0.15) is 59.3 Å². The van der Waals surface area contributed by atoms with Crippen LogP contribution < -0.4 is 9.47 Å². The van der Waals surface area contributed by atoms with Gasteiger partial charge in [-0.15, -0.1) is 0 Å². The van der Waals surface area contributed by atoms with Gasteiger partial charge in [-0.3, -0.25) is 9.59 Å². The zero-order chi connectivity index (χ0) is 25.9. The van der Waals surface area contributed by atoms with Crippen LogP contribution in [0.25, 0.3) is 0 Å². The van der Waals surface area contributed by atoms with Crippen molar-refractivity contribution < 1.29 is 27.8 Å². The molecule has 0 spiro atoms. The van der Waals surface area contributed by atoms with Crippen molar-refractivity contribution in [3.8, 4) is 35.1 Å². The zero-order valence-electron chi connectivity index (χ0n) is 18.5. The summed E-state index contributed by atoms with van der Waals surface area (Å²) in [5.74, 6) is 0.266. The highest BCUT2D eigenvalue weighted by Crippen LogP contribution is 2.26. The number of nitrogens with zero attached hydrogens (tertiary/aromatic N) is 2. The molecular weight excluding hydrogens is 466 g/mol. The Morgan fingerprint density at radius 2 is 1.11 bits per heavy atom. The highest BCUT2D eigenvalue weighted by Gasteiger charge is 2.07. The summed E-state index contributed by atoms with van der Waals surface area (Å²) in [7, 11) is 0. The monoisotopic (exact) mass is 482 g/mol. The van der Waals surface area contributed by atoms with E-state index in [9.17, 15) is 18.4 Å². The smallest absolute Gasteiger partial charge is 0.150 e. The molecular formula is C28H16F2N2O4. The van der Waals surface area contributed by atoms with Gasteiger partial charge in [0.15, 0.2) is 0 Å². The lowest BCUT2D eigenvalue weighted by Crippen LogP contribution is -1.90. The summed E-state index contributed by atoms with van der Waals surface area (Å²) >= 11 is 0. The van der Waals surface area contributed by atoms with Gasteiger partial charge >= 0.3 is 0 Å². The molecule has 4 aromatic rings. The maximum absolute atomic E-state index is 13.3. The van der Waals surface area contributed by atoms with Gasteiger partial charge in [0.25, 0.3) is 0 Å². The molecule has 4 rings (SSSR count). The normalized spacial score (nSPS) is 9.56. The fraction of sp³-hybridized carbons (Fsp3) is 0. The predicted molar refractivity (Wildman–Crippen MR) is 126 cm³/mol. The average molecular weight is 482 g/mol. The fourth-order valence-corrected chi connectivity index (χ4v) is 2.81. The summed E-state index contributed by atoms with van der Waals surface area (Å²) in [6.07, 6.45) is 1.44. The van der Waals surface area contributed by atoms with Crippen LogP contribution in [0, 0.1) is 34.3 Å². The Kier molecular flexibility index (Phi) is 8.58. The summed E-state index contributed by atoms with van der Waals surface area (Å²) in [6, 6.07) is 24.1. The third kappa shape index (κ3) is 6.83. The first kappa shape index (κ1) is 25.3. The van der Waals surface area contributed by atoms with Gasteiger partial charge in [-0.05, 0) is 72.8 Å². The van der Waals surface area contributed by atoms with Crippen LogP contribution in [-0.2, 0) is 0 Å². The van der Waals surface area contributed by atoms with E-state index in [0.29, 0.717) is 34.7 Å². The molecule has 0 fully saturated rings. The molecule has 36 heavy (non-hydrogen) atoms. The molecule has 8 heteroatoms. The number of carbonyl (C=O) groups excluding carboxylic acids is 2. The van der Waals surface area contributed by atoms with Crippen LogP contribution in [0.1, 0.15) is 31.8 Å². The van der Waals surface area contributed by atoms with Crippen molar-refractivity contribution >= 4 is 12.6 Å². The number of aldehydes is 2. The highest BCUT2D eigenvalue weighted by molar-refractivity contribution is 5.75. The molecule has 0 aliphatic carbocycles. The predicted octanol–water partition coefficient (Wildman–Crippen LogP) is 6.60. The second kappa shape index (κ2) is 12.2. The van der Waals surface area contributed by atoms with Crippen molar-refractivity contribution in [2.24, 2.45) is 0 Å². The average Bonchev–Trinajstić information content (AvgIpc) is 2.90. The number of hydrogen-bond acceptors (Lipinski definition) is 6. The van der Waals surface area contributed by atoms with Crippen LogP contribution in [0.4, 0.5) is 8.78 Å². The molecule has 0 heterocycles. The number of benzene rings is 4. The fourth-order valence-electron chi connectivity index (χ4n) is 2.81. The van der Waals surface area contributed by atoms with Crippen molar-refractivity contribution in [1.82, 2.24) is 0 Å². The zero-order valence-corrected chi connectivity index (χ0v) is 18.5. The molecule has 0 aromatic heterocycles. The minimum atomic E-state index is -0.625. The van der Waals surface area contributed by atoms with Crippen LogP contribution in [-0.4, -0.2) is 12.6 Å². The molecule has 0 saturated carbocycles. The van der Waals surface area contributed by atoms with Crippen molar-refractivity contribution in [1.29, 1.82) is 10.5 Å². The van der Waals surface area contributed by atoms with Gasteiger partial charge in [-0.1, -0.05) is 0 Å². The molecule has 176 valence electrons. The molecule has 6 nitrogen and oxygen atoms in total. The van der Waals surface area contributed by atoms with Crippen molar-refractivity contribution in [3.63, 3.8) is 0 Å². The second-order valence-corrected chi connectivity index (χ2v) is 7.08. The first-order chi connectivity index (χ1) is 17.4. The number of hydrogen-bond donors (Lipinski definition) is 0. The number of carbonyl (C=O) groups is 2. The Labute approximate surface area is 205 Å². The molecule has 0 N–H and O–H groups in total. The molecule has 0 radical (unpaired) electrons. The third-order valence-electron chi connectivity index (χ3n) is 4.62. The summed E-state index contributed by atoms with van der Waals surface area (Å²) < 4.78 is 37.2. The van der Waals surface area contributed by atoms with Crippen molar-refractivity contribution in [2.45, 2.75) is 0 Å². The SMILES string of the molecule is N#Cc1ccc(F)cc1Oc1ccc(C=O)cc1.N#Cc1ccc(Oc2ccc(C=O)cc2)cc1F. The Balaban J connectivity index is 0.000000201. The van der Waals surface area contributed by atoms with Crippen molar-refractivity contribution in [3.05, 3.63) is 119 Å². The molecule has 0 amide bonds. The van der Waals surface area contributed by atoms with E-state index in [2.05, 4.69) is 0 Å². The summed E-state index contributed by atoms with van der Waals surface area (Å²) in [5, 5.41) is 17.5. The van der Waals surface area contributed by atoms with Crippen LogP contribution >= 0.6 is 0 Å². The van der Waals surface area contributed by atoms with Gasteiger partial charge in [0, 0.05) is 23.3 Å². The standard InChI is InChI=1S/2C14H8FNO2/c15-12-4-3-11(8-16)14(7-12)18-13-5-1-10(9-17)2-6-13;15-14-7-13(6-3-11(14)8-16)18-12-4-1-10(9-17)2-5-12/h2*1-7,9H. The van der Waals surface area contributed by atoms with E-state index in [4.69, 9.17) is 20.0 Å². The lowest BCUT2D eigenvalue weighted by Gasteiger charge is -2.07. The second-order valence-electron chi connectivity index (χ2n) is 7.08. The van der Waals surface area contributed by atoms with E-state index < -0.39 is 11.6 Å². The van der Waals surface area contributed by atoms with Crippen LogP contribution in [0.3, 0.4) is 0 Å². The van der Waals surface area contributed by atoms with E-state index in [1.807, 2.05) is 6.07 Å². The minimum absolute atomic E-state index is 0.0290. The highest BCUT2D eigenvalue weighted by atomic mass is 19.1. The Hall–Kier alpha value is -5.34. The first-order valence-corrected chi connectivity index (χ1v) is 10.3. The summed E-state index contributed by atoms with van der Waals surface area (Å²) in [6.45, 7) is 0. The third-order valence-corrected chi connectivity index (χ3v) is 4.62. The molecule has 4 aromatic carbocycles. The maximum atomic E-state index is 13.3. The Morgan fingerprint density at radius 3 is 1.61 bits per heavy atom. The number of nitriles is 2. The molecule has 0 saturated heterocycles. The molecule has 0 unspecified atom stereocenters. The molecule has 0 bridgehead atoms. The van der Waals surface area contributed by atoms with Crippen LogP contribution in [0.15, 0.2) is 84.9 Å². The van der Waals surface area contributed by atoms with E-state index in [1.54, 1.807) is 54.6 Å². The van der Waals surface area contributed by atoms with Gasteiger partial charge in [0.2, 0.25) is 0 Å². The van der Waals surface area contributed by atoms with Gasteiger partial charge in [0.05, 0.1) is 11.1 Å². The first-order valence-electron chi connectivity index (χ1n) is 10.3. The Bertz CT molecular complexity index is 1460. The molecule has 0 aliphatic rings. The van der Waals surface area contributed by atoms with E-state index in [-0.39, 0.29) is 16.9 Å². The largest absolute Gasteiger partial charge is 0.457 e. The van der Waals surface area contributed by atoms with Crippen molar-refractivity contribution in [2.75, 3.05) is 0 Å². The van der Waals surface area contributed by atoms with E-state index in [0.717, 1.165) is 18.4 Å². The van der Waals surface area contributed by atoms with Gasteiger partial charge in [-0.25, -0.2) is 8.78 Å². The minimum Gasteiger partial charge on any atom is -0.457 e. The summed E-state index contributed by atoms with van der Waals surface area (Å²) in [5.41, 5.74) is 1.27. The lowest BCUT2D eigenvalue weighted by molar-refractivity contribution is 0.111. The van der Waals surface area contributed by atoms with E-state index in [1.165, 1.54) is 24.3 Å². The van der Waals surface area contributed by atoms with E-state index >= 15 is 0 Å². The number of ether oxygens (including phenoxy) is 2. The molecule has 0 aliphatic heterocycles. The number of halogens is 2.